The maximum atomic E-state index is 11.5. The van der Waals surface area contributed by atoms with Crippen LogP contribution >= 0.6 is 0 Å². The van der Waals surface area contributed by atoms with Gasteiger partial charge in [0.1, 0.15) is 6.54 Å². The molecule has 0 aliphatic carbocycles. The fourth-order valence-electron chi connectivity index (χ4n) is 1.56. The molecule has 1 aromatic carbocycles. The van der Waals surface area contributed by atoms with Gasteiger partial charge >= 0.3 is 5.97 Å². The third kappa shape index (κ3) is 4.65. The molecule has 1 N–H and O–H groups in total. The molecule has 0 amide bonds. The summed E-state index contributed by atoms with van der Waals surface area (Å²) in [4.78, 5) is 13.5. The highest BCUT2D eigenvalue weighted by atomic mass is 16.5. The summed E-state index contributed by atoms with van der Waals surface area (Å²) in [5.41, 5.74) is 1.99. The van der Waals surface area contributed by atoms with E-state index in [9.17, 15) is 4.79 Å². The Labute approximate surface area is 109 Å². The van der Waals surface area contributed by atoms with E-state index in [4.69, 9.17) is 4.74 Å². The van der Waals surface area contributed by atoms with Crippen molar-refractivity contribution in [3.63, 3.8) is 0 Å². The maximum Gasteiger partial charge on any atom is 0.325 e. The molecule has 0 radical (unpaired) electrons. The summed E-state index contributed by atoms with van der Waals surface area (Å²) in [7, 11) is 3.94. The van der Waals surface area contributed by atoms with E-state index in [0.29, 0.717) is 6.61 Å². The minimum Gasteiger partial charge on any atom is -0.464 e. The van der Waals surface area contributed by atoms with E-state index in [1.807, 2.05) is 43.3 Å². The molecule has 0 saturated heterocycles. The number of nitrogens with one attached hydrogen (secondary N) is 1. The number of hydrogen-bond donors (Lipinski definition) is 1. The third-order valence-corrected chi connectivity index (χ3v) is 2.57. The largest absolute Gasteiger partial charge is 0.464 e. The molecule has 0 atom stereocenters. The van der Waals surface area contributed by atoms with Crippen LogP contribution in [0.1, 0.15) is 19.8 Å². The van der Waals surface area contributed by atoms with Gasteiger partial charge in [0.05, 0.1) is 18.0 Å². The first-order chi connectivity index (χ1) is 8.65. The number of benzene rings is 1. The van der Waals surface area contributed by atoms with Crippen LogP contribution in [-0.4, -0.2) is 33.2 Å². The predicted molar refractivity (Wildman–Crippen MR) is 75.1 cm³/mol. The van der Waals surface area contributed by atoms with E-state index < -0.39 is 0 Å². The van der Waals surface area contributed by atoms with Gasteiger partial charge in [-0.25, -0.2) is 0 Å². The Morgan fingerprint density at radius 3 is 2.72 bits per heavy atom. The molecule has 0 aliphatic heterocycles. The molecule has 1 aromatic rings. The van der Waals surface area contributed by atoms with E-state index in [1.165, 1.54) is 0 Å². The Bertz CT molecular complexity index is 378. The van der Waals surface area contributed by atoms with Gasteiger partial charge in [-0.05, 0) is 18.6 Å². The summed E-state index contributed by atoms with van der Waals surface area (Å²) in [6, 6.07) is 7.87. The number of esters is 1. The first kappa shape index (κ1) is 14.4. The van der Waals surface area contributed by atoms with Gasteiger partial charge in [-0.3, -0.25) is 4.79 Å². The quantitative estimate of drug-likeness (QED) is 0.596. The van der Waals surface area contributed by atoms with Crippen molar-refractivity contribution in [2.45, 2.75) is 19.8 Å². The number of para-hydroxylation sites is 2. The average molecular weight is 250 g/mol. The Morgan fingerprint density at radius 2 is 2.06 bits per heavy atom. The highest BCUT2D eigenvalue weighted by molar-refractivity contribution is 5.78. The van der Waals surface area contributed by atoms with Crippen LogP contribution in [0.2, 0.25) is 0 Å². The molecule has 0 aromatic heterocycles. The van der Waals surface area contributed by atoms with Crippen molar-refractivity contribution in [2.75, 3.05) is 37.5 Å². The number of unbranched alkanes of at least 4 members (excludes halogenated alkanes) is 1. The van der Waals surface area contributed by atoms with E-state index >= 15 is 0 Å². The Morgan fingerprint density at radius 1 is 1.33 bits per heavy atom. The third-order valence-electron chi connectivity index (χ3n) is 2.57. The van der Waals surface area contributed by atoms with Crippen LogP contribution in [0.25, 0.3) is 0 Å². The van der Waals surface area contributed by atoms with Crippen molar-refractivity contribution in [1.82, 2.24) is 0 Å². The Hall–Kier alpha value is -1.71. The summed E-state index contributed by atoms with van der Waals surface area (Å²) in [5.74, 6) is -0.211. The molecule has 0 spiro atoms. The standard InChI is InChI=1S/C14H22N2O2/c1-4-5-10-18-14(17)11-15-12-8-6-7-9-13(12)16(2)3/h6-9,15H,4-5,10-11H2,1-3H3. The first-order valence-corrected chi connectivity index (χ1v) is 6.31. The number of ether oxygens (including phenoxy) is 1. The molecule has 0 aliphatic rings. The SMILES string of the molecule is CCCCOC(=O)CNc1ccccc1N(C)C. The molecule has 1 rings (SSSR count). The van der Waals surface area contributed by atoms with Gasteiger partial charge < -0.3 is 15.0 Å². The number of carbonyl (C=O) groups is 1. The first-order valence-electron chi connectivity index (χ1n) is 6.31. The van der Waals surface area contributed by atoms with Crippen molar-refractivity contribution in [3.05, 3.63) is 24.3 Å². The molecule has 18 heavy (non-hydrogen) atoms. The van der Waals surface area contributed by atoms with Gasteiger partial charge in [0.15, 0.2) is 0 Å². The molecule has 0 unspecified atom stereocenters. The minimum atomic E-state index is -0.211. The van der Waals surface area contributed by atoms with Gasteiger partial charge in [-0.1, -0.05) is 25.5 Å². The maximum absolute atomic E-state index is 11.5. The summed E-state index contributed by atoms with van der Waals surface area (Å²) < 4.78 is 5.09. The van der Waals surface area contributed by atoms with Crippen molar-refractivity contribution in [1.29, 1.82) is 0 Å². The number of rotatable bonds is 7. The second-order valence-corrected chi connectivity index (χ2v) is 4.34. The van der Waals surface area contributed by atoms with Crippen molar-refractivity contribution in [3.8, 4) is 0 Å². The van der Waals surface area contributed by atoms with Crippen LogP contribution in [0.3, 0.4) is 0 Å². The van der Waals surface area contributed by atoms with Gasteiger partial charge in [-0.15, -0.1) is 0 Å². The molecule has 0 saturated carbocycles. The average Bonchev–Trinajstić information content (AvgIpc) is 2.37. The lowest BCUT2D eigenvalue weighted by atomic mass is 10.2. The molecule has 4 heteroatoms. The van der Waals surface area contributed by atoms with Crippen molar-refractivity contribution < 1.29 is 9.53 Å². The minimum absolute atomic E-state index is 0.203. The summed E-state index contributed by atoms with van der Waals surface area (Å²) >= 11 is 0. The van der Waals surface area contributed by atoms with Crippen LogP contribution < -0.4 is 10.2 Å². The van der Waals surface area contributed by atoms with Crippen LogP contribution in [0.15, 0.2) is 24.3 Å². The summed E-state index contributed by atoms with van der Waals surface area (Å²) in [6.45, 7) is 2.78. The molecule has 100 valence electrons. The zero-order valence-corrected chi connectivity index (χ0v) is 11.4. The molecule has 0 fully saturated rings. The van der Waals surface area contributed by atoms with Gasteiger partial charge in [0, 0.05) is 14.1 Å². The van der Waals surface area contributed by atoms with Crippen molar-refractivity contribution >= 4 is 17.3 Å². The van der Waals surface area contributed by atoms with E-state index in [1.54, 1.807) is 0 Å². The lowest BCUT2D eigenvalue weighted by molar-refractivity contribution is -0.141. The molecule has 0 heterocycles. The molecular weight excluding hydrogens is 228 g/mol. The van der Waals surface area contributed by atoms with Crippen LogP contribution in [-0.2, 0) is 9.53 Å². The van der Waals surface area contributed by atoms with E-state index in [0.717, 1.165) is 24.2 Å². The molecular formula is C14H22N2O2. The fraction of sp³-hybridized carbons (Fsp3) is 0.500. The van der Waals surface area contributed by atoms with Crippen molar-refractivity contribution in [2.24, 2.45) is 0 Å². The number of carbonyl (C=O) groups excluding carboxylic acids is 1. The van der Waals surface area contributed by atoms with Crippen LogP contribution in [0.5, 0.6) is 0 Å². The number of hydrogen-bond acceptors (Lipinski definition) is 4. The second kappa shape index (κ2) is 7.58. The molecule has 4 nitrogen and oxygen atoms in total. The van der Waals surface area contributed by atoms with Gasteiger partial charge in [0.2, 0.25) is 0 Å². The highest BCUT2D eigenvalue weighted by Gasteiger charge is 2.06. The zero-order chi connectivity index (χ0) is 13.4. The van der Waals surface area contributed by atoms with E-state index in [-0.39, 0.29) is 12.5 Å². The zero-order valence-electron chi connectivity index (χ0n) is 11.4. The molecule has 0 bridgehead atoms. The monoisotopic (exact) mass is 250 g/mol. The number of nitrogens with zero attached hydrogens (tertiary/aromatic N) is 1. The number of anilines is 2. The lowest BCUT2D eigenvalue weighted by Gasteiger charge is -2.18. The Kier molecular flexibility index (Phi) is 6.05. The highest BCUT2D eigenvalue weighted by Crippen LogP contribution is 2.22. The van der Waals surface area contributed by atoms with Gasteiger partial charge in [-0.2, -0.15) is 0 Å². The summed E-state index contributed by atoms with van der Waals surface area (Å²) in [6.07, 6.45) is 1.95. The summed E-state index contributed by atoms with van der Waals surface area (Å²) in [5, 5.41) is 3.11. The Balaban J connectivity index is 2.45. The van der Waals surface area contributed by atoms with Gasteiger partial charge in [0.25, 0.3) is 0 Å². The normalized spacial score (nSPS) is 9.94. The fourth-order valence-corrected chi connectivity index (χ4v) is 1.56. The smallest absolute Gasteiger partial charge is 0.325 e. The predicted octanol–water partition coefficient (Wildman–Crippen LogP) is 2.51. The lowest BCUT2D eigenvalue weighted by Crippen LogP contribution is -2.19. The second-order valence-electron chi connectivity index (χ2n) is 4.34. The van der Waals surface area contributed by atoms with Crippen LogP contribution in [0, 0.1) is 0 Å². The van der Waals surface area contributed by atoms with E-state index in [2.05, 4.69) is 12.2 Å². The van der Waals surface area contributed by atoms with Crippen LogP contribution in [0.4, 0.5) is 11.4 Å². The topological polar surface area (TPSA) is 41.6 Å².